The number of hydrogen-bond donors (Lipinski definition) is 2. The van der Waals surface area contributed by atoms with Crippen LogP contribution >= 0.6 is 0 Å². The van der Waals surface area contributed by atoms with E-state index in [1.54, 1.807) is 0 Å². The van der Waals surface area contributed by atoms with Crippen LogP contribution in [0.1, 0.15) is 46.5 Å². The van der Waals surface area contributed by atoms with Gasteiger partial charge >= 0.3 is 5.97 Å². The highest BCUT2D eigenvalue weighted by molar-refractivity contribution is 5.80. The van der Waals surface area contributed by atoms with Crippen LogP contribution in [0.3, 0.4) is 0 Å². The maximum atomic E-state index is 11.3. The topological polar surface area (TPSA) is 52.6 Å². The summed E-state index contributed by atoms with van der Waals surface area (Å²) in [5, 5.41) is 13.0. The van der Waals surface area contributed by atoms with Gasteiger partial charge in [0.15, 0.2) is 0 Å². The van der Waals surface area contributed by atoms with E-state index in [9.17, 15) is 9.90 Å². The minimum atomic E-state index is -0.764. The van der Waals surface area contributed by atoms with Gasteiger partial charge in [-0.3, -0.25) is 4.79 Å². The molecule has 1 aromatic carbocycles. The first-order valence-corrected chi connectivity index (χ1v) is 8.63. The van der Waals surface area contributed by atoms with Crippen LogP contribution in [0.15, 0.2) is 24.3 Å². The standard InChI is InChI=1S/C19H28N2O2/c1-18(2,3)14-8-10-19(11-9-14)13-21(12-17(22)23)16-7-5-4-6-15(16)20-19/h4-7,14,20H,8-13H2,1-3H3,(H,22,23). The van der Waals surface area contributed by atoms with E-state index in [1.165, 1.54) is 12.8 Å². The lowest BCUT2D eigenvalue weighted by atomic mass is 9.66. The number of para-hydroxylation sites is 2. The lowest BCUT2D eigenvalue weighted by Gasteiger charge is -2.50. The third-order valence-electron chi connectivity index (χ3n) is 5.63. The molecule has 0 aromatic heterocycles. The molecule has 1 aliphatic heterocycles. The van der Waals surface area contributed by atoms with Crippen molar-refractivity contribution < 1.29 is 9.90 Å². The molecule has 4 heteroatoms. The lowest BCUT2D eigenvalue weighted by molar-refractivity contribution is -0.135. The molecular weight excluding hydrogens is 288 g/mol. The van der Waals surface area contributed by atoms with Gasteiger partial charge in [0.05, 0.1) is 16.9 Å². The number of anilines is 2. The Morgan fingerprint density at radius 2 is 1.96 bits per heavy atom. The fourth-order valence-corrected chi connectivity index (χ4v) is 4.25. The molecule has 3 rings (SSSR count). The number of nitrogens with zero attached hydrogens (tertiary/aromatic N) is 1. The maximum Gasteiger partial charge on any atom is 0.323 e. The van der Waals surface area contributed by atoms with Crippen LogP contribution in [0.5, 0.6) is 0 Å². The third kappa shape index (κ3) is 3.31. The van der Waals surface area contributed by atoms with E-state index in [4.69, 9.17) is 0 Å². The quantitative estimate of drug-likeness (QED) is 0.866. The predicted octanol–water partition coefficient (Wildman–Crippen LogP) is 3.98. The summed E-state index contributed by atoms with van der Waals surface area (Å²) in [5.41, 5.74) is 2.47. The molecule has 0 amide bonds. The number of carboxylic acid groups (broad SMARTS) is 1. The summed E-state index contributed by atoms with van der Waals surface area (Å²) in [6.45, 7) is 7.85. The number of rotatable bonds is 2. The van der Waals surface area contributed by atoms with Gasteiger partial charge in [0.2, 0.25) is 0 Å². The van der Waals surface area contributed by atoms with Gasteiger partial charge in [-0.1, -0.05) is 32.9 Å². The van der Waals surface area contributed by atoms with Gasteiger partial charge < -0.3 is 15.3 Å². The van der Waals surface area contributed by atoms with Crippen LogP contribution in [0.2, 0.25) is 0 Å². The number of carbonyl (C=O) groups is 1. The van der Waals surface area contributed by atoms with E-state index in [2.05, 4.69) is 32.2 Å². The van der Waals surface area contributed by atoms with Gasteiger partial charge in [0.1, 0.15) is 6.54 Å². The van der Waals surface area contributed by atoms with Gasteiger partial charge in [0.25, 0.3) is 0 Å². The van der Waals surface area contributed by atoms with Crippen LogP contribution in [0, 0.1) is 11.3 Å². The van der Waals surface area contributed by atoms with E-state index in [0.717, 1.165) is 36.7 Å². The number of aliphatic carboxylic acids is 1. The molecule has 0 atom stereocenters. The molecule has 2 aliphatic rings. The van der Waals surface area contributed by atoms with Crippen LogP contribution in [-0.2, 0) is 4.79 Å². The van der Waals surface area contributed by atoms with Crippen molar-refractivity contribution in [3.63, 3.8) is 0 Å². The van der Waals surface area contributed by atoms with Crippen molar-refractivity contribution in [2.45, 2.75) is 52.0 Å². The van der Waals surface area contributed by atoms with Gasteiger partial charge in [-0.05, 0) is 49.1 Å². The summed E-state index contributed by atoms with van der Waals surface area (Å²) in [6, 6.07) is 8.08. The van der Waals surface area contributed by atoms with Crippen molar-refractivity contribution in [1.82, 2.24) is 0 Å². The second-order valence-corrected chi connectivity index (χ2v) is 8.31. The van der Waals surface area contributed by atoms with Crippen LogP contribution in [0.4, 0.5) is 11.4 Å². The molecule has 1 aromatic rings. The number of nitrogens with one attached hydrogen (secondary N) is 1. The Hall–Kier alpha value is -1.71. The highest BCUT2D eigenvalue weighted by Gasteiger charge is 2.42. The first-order valence-electron chi connectivity index (χ1n) is 8.63. The molecule has 1 saturated carbocycles. The first kappa shape index (κ1) is 16.2. The van der Waals surface area contributed by atoms with Gasteiger partial charge in [-0.25, -0.2) is 0 Å². The van der Waals surface area contributed by atoms with E-state index >= 15 is 0 Å². The molecule has 0 radical (unpaired) electrons. The highest BCUT2D eigenvalue weighted by Crippen LogP contribution is 2.46. The zero-order valence-corrected chi connectivity index (χ0v) is 14.4. The Bertz CT molecular complexity index is 583. The molecule has 1 aliphatic carbocycles. The Morgan fingerprint density at radius 3 is 2.57 bits per heavy atom. The summed E-state index contributed by atoms with van der Waals surface area (Å²) >= 11 is 0. The second-order valence-electron chi connectivity index (χ2n) is 8.31. The molecule has 126 valence electrons. The number of hydrogen-bond acceptors (Lipinski definition) is 3. The van der Waals surface area contributed by atoms with Crippen molar-refractivity contribution in [3.8, 4) is 0 Å². The molecule has 0 bridgehead atoms. The van der Waals surface area contributed by atoms with Crippen LogP contribution in [0.25, 0.3) is 0 Å². The molecule has 0 saturated heterocycles. The summed E-state index contributed by atoms with van der Waals surface area (Å²) in [5.74, 6) is -0.0137. The number of benzene rings is 1. The van der Waals surface area contributed by atoms with Crippen molar-refractivity contribution in [2.24, 2.45) is 11.3 Å². The molecular formula is C19H28N2O2. The van der Waals surface area contributed by atoms with Gasteiger partial charge in [0, 0.05) is 6.54 Å². The molecule has 1 spiro atoms. The monoisotopic (exact) mass is 316 g/mol. The largest absolute Gasteiger partial charge is 0.480 e. The Morgan fingerprint density at radius 1 is 1.30 bits per heavy atom. The third-order valence-corrected chi connectivity index (χ3v) is 5.63. The van der Waals surface area contributed by atoms with E-state index in [1.807, 2.05) is 23.1 Å². The summed E-state index contributed by atoms with van der Waals surface area (Å²) in [4.78, 5) is 13.3. The average molecular weight is 316 g/mol. The SMILES string of the molecule is CC(C)(C)C1CCC2(CC1)CN(CC(=O)O)c1ccccc1N2. The fraction of sp³-hybridized carbons (Fsp3) is 0.632. The Kier molecular flexibility index (Phi) is 4.03. The zero-order chi connectivity index (χ0) is 16.7. The van der Waals surface area contributed by atoms with Crippen LogP contribution < -0.4 is 10.2 Å². The van der Waals surface area contributed by atoms with Crippen molar-refractivity contribution in [2.75, 3.05) is 23.3 Å². The first-order chi connectivity index (χ1) is 10.8. The normalized spacial score (nSPS) is 27.4. The predicted molar refractivity (Wildman–Crippen MR) is 94.1 cm³/mol. The van der Waals surface area contributed by atoms with Crippen LogP contribution in [-0.4, -0.2) is 29.7 Å². The zero-order valence-electron chi connectivity index (χ0n) is 14.4. The lowest BCUT2D eigenvalue weighted by Crippen LogP contribution is -2.55. The molecule has 4 nitrogen and oxygen atoms in total. The number of carboxylic acids is 1. The molecule has 0 unspecified atom stereocenters. The molecule has 1 heterocycles. The van der Waals surface area contributed by atoms with Crippen molar-refractivity contribution in [1.29, 1.82) is 0 Å². The maximum absolute atomic E-state index is 11.3. The fourth-order valence-electron chi connectivity index (χ4n) is 4.25. The van der Waals surface area contributed by atoms with Crippen molar-refractivity contribution >= 4 is 17.3 Å². The van der Waals surface area contributed by atoms with Gasteiger partial charge in [-0.15, -0.1) is 0 Å². The van der Waals surface area contributed by atoms with Crippen molar-refractivity contribution in [3.05, 3.63) is 24.3 Å². The molecule has 2 N–H and O–H groups in total. The highest BCUT2D eigenvalue weighted by atomic mass is 16.4. The molecule has 23 heavy (non-hydrogen) atoms. The minimum absolute atomic E-state index is 0.0194. The van der Waals surface area contributed by atoms with E-state index < -0.39 is 5.97 Å². The summed E-state index contributed by atoms with van der Waals surface area (Å²) in [6.07, 6.45) is 4.64. The minimum Gasteiger partial charge on any atom is -0.480 e. The summed E-state index contributed by atoms with van der Waals surface area (Å²) in [7, 11) is 0. The van der Waals surface area contributed by atoms with E-state index in [-0.39, 0.29) is 12.1 Å². The Balaban J connectivity index is 1.82. The van der Waals surface area contributed by atoms with Gasteiger partial charge in [-0.2, -0.15) is 0 Å². The smallest absolute Gasteiger partial charge is 0.323 e. The average Bonchev–Trinajstić information content (AvgIpc) is 2.46. The summed E-state index contributed by atoms with van der Waals surface area (Å²) < 4.78 is 0. The number of fused-ring (bicyclic) bond motifs is 1. The van der Waals surface area contributed by atoms with E-state index in [0.29, 0.717) is 5.41 Å². The molecule has 1 fully saturated rings. The Labute approximate surface area is 138 Å². The second kappa shape index (κ2) is 5.73.